The monoisotopic (exact) mass is 217 g/mol. The maximum atomic E-state index is 10.5. The Balaban J connectivity index is 3.89. The smallest absolute Gasteiger partial charge is 0.306 e. The largest absolute Gasteiger partial charge is 0.481 e. The average molecular weight is 217 g/mol. The summed E-state index contributed by atoms with van der Waals surface area (Å²) in [5.41, 5.74) is -0.561. The zero-order valence-corrected chi connectivity index (χ0v) is 10.4. The fourth-order valence-corrected chi connectivity index (χ4v) is 1.12. The fourth-order valence-electron chi connectivity index (χ4n) is 1.12. The van der Waals surface area contributed by atoms with Crippen LogP contribution in [0.1, 0.15) is 40.5 Å². The van der Waals surface area contributed by atoms with Crippen molar-refractivity contribution >= 4 is 5.97 Å². The molecule has 4 nitrogen and oxygen atoms in total. The molecular formula is C11H23NO3. The van der Waals surface area contributed by atoms with Gasteiger partial charge in [0.2, 0.25) is 0 Å². The Hall–Kier alpha value is -0.610. The quantitative estimate of drug-likeness (QED) is 0.680. The molecule has 0 radical (unpaired) electrons. The molecule has 15 heavy (non-hydrogen) atoms. The highest BCUT2D eigenvalue weighted by atomic mass is 16.5. The molecule has 0 heterocycles. The third kappa shape index (κ3) is 7.33. The topological polar surface area (TPSA) is 58.6 Å². The van der Waals surface area contributed by atoms with Gasteiger partial charge in [-0.1, -0.05) is 0 Å². The summed E-state index contributed by atoms with van der Waals surface area (Å²) in [5, 5.41) is 11.8. The highest BCUT2D eigenvalue weighted by Crippen LogP contribution is 2.16. The van der Waals surface area contributed by atoms with Gasteiger partial charge in [0, 0.05) is 12.1 Å². The number of carboxylic acids is 1. The van der Waals surface area contributed by atoms with Crippen molar-refractivity contribution in [2.24, 2.45) is 0 Å². The van der Waals surface area contributed by atoms with Gasteiger partial charge in [-0.05, 0) is 41.2 Å². The van der Waals surface area contributed by atoms with Crippen LogP contribution in [-0.2, 0) is 9.53 Å². The summed E-state index contributed by atoms with van der Waals surface area (Å²) >= 11 is 0. The van der Waals surface area contributed by atoms with Crippen molar-refractivity contribution in [1.29, 1.82) is 0 Å². The van der Waals surface area contributed by atoms with Gasteiger partial charge in [0.15, 0.2) is 0 Å². The van der Waals surface area contributed by atoms with E-state index in [-0.39, 0.29) is 12.0 Å². The van der Waals surface area contributed by atoms with Crippen LogP contribution in [0.25, 0.3) is 0 Å². The zero-order valence-electron chi connectivity index (χ0n) is 10.4. The van der Waals surface area contributed by atoms with Crippen LogP contribution in [0, 0.1) is 0 Å². The third-order valence-electron chi connectivity index (χ3n) is 2.47. The van der Waals surface area contributed by atoms with Gasteiger partial charge in [-0.2, -0.15) is 0 Å². The Kier molecular flexibility index (Phi) is 5.24. The molecule has 4 heteroatoms. The Morgan fingerprint density at radius 3 is 2.27 bits per heavy atom. The van der Waals surface area contributed by atoms with Crippen molar-refractivity contribution in [3.05, 3.63) is 0 Å². The second-order valence-corrected chi connectivity index (χ2v) is 5.06. The number of hydrogen-bond donors (Lipinski definition) is 2. The SMILES string of the molecule is CNC(C)(C)CCOC(C)(C)CC(=O)O. The van der Waals surface area contributed by atoms with Gasteiger partial charge in [0.1, 0.15) is 0 Å². The number of rotatable bonds is 7. The van der Waals surface area contributed by atoms with Crippen molar-refractivity contribution in [2.45, 2.75) is 51.7 Å². The van der Waals surface area contributed by atoms with Crippen LogP contribution in [0.3, 0.4) is 0 Å². The van der Waals surface area contributed by atoms with Crippen LogP contribution in [0.4, 0.5) is 0 Å². The van der Waals surface area contributed by atoms with Crippen LogP contribution in [0.15, 0.2) is 0 Å². The fraction of sp³-hybridized carbons (Fsp3) is 0.909. The number of carboxylic acid groups (broad SMARTS) is 1. The first-order valence-corrected chi connectivity index (χ1v) is 5.23. The third-order valence-corrected chi connectivity index (χ3v) is 2.47. The van der Waals surface area contributed by atoms with Gasteiger partial charge in [0.05, 0.1) is 12.0 Å². The minimum atomic E-state index is -0.826. The van der Waals surface area contributed by atoms with E-state index in [4.69, 9.17) is 9.84 Å². The van der Waals surface area contributed by atoms with Crippen LogP contribution in [0.5, 0.6) is 0 Å². The molecule has 0 aliphatic rings. The zero-order chi connectivity index (χ0) is 12.1. The lowest BCUT2D eigenvalue weighted by molar-refractivity contribution is -0.143. The second-order valence-electron chi connectivity index (χ2n) is 5.06. The molecule has 0 rings (SSSR count). The lowest BCUT2D eigenvalue weighted by Crippen LogP contribution is -2.38. The Labute approximate surface area is 92.0 Å². The highest BCUT2D eigenvalue weighted by molar-refractivity contribution is 5.67. The second kappa shape index (κ2) is 5.47. The van der Waals surface area contributed by atoms with Gasteiger partial charge in [0.25, 0.3) is 0 Å². The number of carbonyl (C=O) groups is 1. The molecule has 0 spiro atoms. The maximum absolute atomic E-state index is 10.5. The summed E-state index contributed by atoms with van der Waals surface area (Å²) in [6.45, 7) is 8.33. The van der Waals surface area contributed by atoms with Gasteiger partial charge in [-0.25, -0.2) is 0 Å². The van der Waals surface area contributed by atoms with E-state index in [1.165, 1.54) is 0 Å². The van der Waals surface area contributed by atoms with Crippen molar-refractivity contribution in [2.75, 3.05) is 13.7 Å². The van der Waals surface area contributed by atoms with Gasteiger partial charge >= 0.3 is 5.97 Å². The van der Waals surface area contributed by atoms with Crippen molar-refractivity contribution < 1.29 is 14.6 Å². The minimum Gasteiger partial charge on any atom is -0.481 e. The van der Waals surface area contributed by atoms with Crippen LogP contribution in [0.2, 0.25) is 0 Å². The Morgan fingerprint density at radius 1 is 1.33 bits per heavy atom. The molecule has 0 aromatic carbocycles. The summed E-state index contributed by atoms with van der Waals surface area (Å²) in [4.78, 5) is 10.5. The molecular weight excluding hydrogens is 194 g/mol. The van der Waals surface area contributed by atoms with Gasteiger partial charge in [-0.15, -0.1) is 0 Å². The number of hydrogen-bond acceptors (Lipinski definition) is 3. The maximum Gasteiger partial charge on any atom is 0.306 e. The van der Waals surface area contributed by atoms with Gasteiger partial charge < -0.3 is 15.2 Å². The standard InChI is InChI=1S/C11H23NO3/c1-10(2,12-5)6-7-15-11(3,4)8-9(13)14/h12H,6-8H2,1-5H3,(H,13,14). The predicted octanol–water partition coefficient (Wildman–Crippen LogP) is 1.64. The molecule has 0 aliphatic heterocycles. The van der Waals surface area contributed by atoms with E-state index in [9.17, 15) is 4.79 Å². The van der Waals surface area contributed by atoms with E-state index in [0.717, 1.165) is 6.42 Å². The summed E-state index contributed by atoms with van der Waals surface area (Å²) in [6, 6.07) is 0. The van der Waals surface area contributed by atoms with E-state index in [1.54, 1.807) is 13.8 Å². The molecule has 0 aliphatic carbocycles. The molecule has 0 fully saturated rings. The first-order valence-electron chi connectivity index (χ1n) is 5.23. The predicted molar refractivity (Wildman–Crippen MR) is 60.0 cm³/mol. The minimum absolute atomic E-state index is 0.0271. The molecule has 0 bridgehead atoms. The normalized spacial score (nSPS) is 12.9. The van der Waals surface area contributed by atoms with E-state index < -0.39 is 11.6 Å². The average Bonchev–Trinajstić information content (AvgIpc) is 2.00. The summed E-state index contributed by atoms with van der Waals surface area (Å²) in [5.74, 6) is -0.826. The number of nitrogens with one attached hydrogen (secondary N) is 1. The molecule has 0 atom stereocenters. The number of ether oxygens (including phenoxy) is 1. The molecule has 0 aromatic rings. The first kappa shape index (κ1) is 14.4. The van der Waals surface area contributed by atoms with Crippen LogP contribution >= 0.6 is 0 Å². The molecule has 0 aromatic heterocycles. The van der Waals surface area contributed by atoms with Crippen LogP contribution in [-0.4, -0.2) is 35.9 Å². The Bertz CT molecular complexity index is 212. The molecule has 0 unspecified atom stereocenters. The summed E-state index contributed by atoms with van der Waals surface area (Å²) in [7, 11) is 1.91. The van der Waals surface area contributed by atoms with E-state index in [0.29, 0.717) is 6.61 Å². The van der Waals surface area contributed by atoms with Crippen LogP contribution < -0.4 is 5.32 Å². The molecule has 0 amide bonds. The number of aliphatic carboxylic acids is 1. The summed E-state index contributed by atoms with van der Waals surface area (Å²) < 4.78 is 5.56. The Morgan fingerprint density at radius 2 is 1.87 bits per heavy atom. The van der Waals surface area contributed by atoms with Crippen molar-refractivity contribution in [3.8, 4) is 0 Å². The van der Waals surface area contributed by atoms with Gasteiger partial charge in [-0.3, -0.25) is 4.79 Å². The molecule has 2 N–H and O–H groups in total. The van der Waals surface area contributed by atoms with Crippen molar-refractivity contribution in [3.63, 3.8) is 0 Å². The van der Waals surface area contributed by atoms with E-state index in [2.05, 4.69) is 19.2 Å². The van der Waals surface area contributed by atoms with E-state index in [1.807, 2.05) is 7.05 Å². The first-order chi connectivity index (χ1) is 6.68. The van der Waals surface area contributed by atoms with Crippen molar-refractivity contribution in [1.82, 2.24) is 5.32 Å². The highest BCUT2D eigenvalue weighted by Gasteiger charge is 2.23. The molecule has 90 valence electrons. The van der Waals surface area contributed by atoms with E-state index >= 15 is 0 Å². The summed E-state index contributed by atoms with van der Waals surface area (Å²) in [6.07, 6.45) is 0.888. The lowest BCUT2D eigenvalue weighted by Gasteiger charge is -2.28. The molecule has 0 saturated carbocycles. The lowest BCUT2D eigenvalue weighted by atomic mass is 10.0. The molecule has 0 saturated heterocycles.